The predicted molar refractivity (Wildman–Crippen MR) is 97.6 cm³/mol. The quantitative estimate of drug-likeness (QED) is 0.828. The molecule has 1 fully saturated rings. The standard InChI is InChI=1S/C20H32N2O2/c1-20(2,3)17-10-12-18(13-11-17)21-14-15-6-8-16(9-7-15)19(23)22(4)24-5/h6-9,17-18,21H,10-14H2,1-5H3. The van der Waals surface area contributed by atoms with E-state index < -0.39 is 0 Å². The summed E-state index contributed by atoms with van der Waals surface area (Å²) in [5.41, 5.74) is 2.29. The minimum Gasteiger partial charge on any atom is -0.310 e. The summed E-state index contributed by atoms with van der Waals surface area (Å²) in [4.78, 5) is 16.9. The molecule has 1 N–H and O–H groups in total. The molecule has 1 saturated carbocycles. The molecule has 2 rings (SSSR count). The van der Waals surface area contributed by atoms with E-state index in [-0.39, 0.29) is 5.91 Å². The first-order chi connectivity index (χ1) is 11.3. The summed E-state index contributed by atoms with van der Waals surface area (Å²) in [6.45, 7) is 7.93. The molecule has 0 radical (unpaired) electrons. The first-order valence-corrected chi connectivity index (χ1v) is 8.95. The molecule has 0 aliphatic heterocycles. The second-order valence-corrected chi connectivity index (χ2v) is 7.98. The lowest BCUT2D eigenvalue weighted by Gasteiger charge is -2.37. The number of nitrogens with zero attached hydrogens (tertiary/aromatic N) is 1. The van der Waals surface area contributed by atoms with Gasteiger partial charge in [-0.15, -0.1) is 0 Å². The van der Waals surface area contributed by atoms with Crippen molar-refractivity contribution in [2.24, 2.45) is 11.3 Å². The molecule has 4 nitrogen and oxygen atoms in total. The van der Waals surface area contributed by atoms with E-state index in [0.717, 1.165) is 12.5 Å². The van der Waals surface area contributed by atoms with Crippen LogP contribution in [-0.2, 0) is 11.4 Å². The maximum absolute atomic E-state index is 12.0. The van der Waals surface area contributed by atoms with Gasteiger partial charge < -0.3 is 5.32 Å². The van der Waals surface area contributed by atoms with Crippen molar-refractivity contribution in [3.8, 4) is 0 Å². The first kappa shape index (κ1) is 18.9. The van der Waals surface area contributed by atoms with Crippen molar-refractivity contribution in [2.75, 3.05) is 14.2 Å². The van der Waals surface area contributed by atoms with Crippen LogP contribution in [0.1, 0.15) is 62.4 Å². The Hall–Kier alpha value is -1.39. The molecule has 0 bridgehead atoms. The molecule has 1 aromatic rings. The fourth-order valence-electron chi connectivity index (χ4n) is 3.46. The highest BCUT2D eigenvalue weighted by Gasteiger charge is 2.29. The molecular weight excluding hydrogens is 300 g/mol. The predicted octanol–water partition coefficient (Wildman–Crippen LogP) is 4.01. The second kappa shape index (κ2) is 8.13. The first-order valence-electron chi connectivity index (χ1n) is 8.95. The number of carbonyl (C=O) groups is 1. The third kappa shape index (κ3) is 5.05. The zero-order chi connectivity index (χ0) is 17.7. The Bertz CT molecular complexity index is 526. The van der Waals surface area contributed by atoms with Gasteiger partial charge in [-0.05, 0) is 54.7 Å². The maximum Gasteiger partial charge on any atom is 0.277 e. The van der Waals surface area contributed by atoms with Gasteiger partial charge in [-0.3, -0.25) is 9.63 Å². The van der Waals surface area contributed by atoms with Crippen LogP contribution in [0.4, 0.5) is 0 Å². The topological polar surface area (TPSA) is 41.6 Å². The fraction of sp³-hybridized carbons (Fsp3) is 0.650. The molecule has 134 valence electrons. The molecule has 0 atom stereocenters. The van der Waals surface area contributed by atoms with Crippen molar-refractivity contribution in [2.45, 2.75) is 59.0 Å². The van der Waals surface area contributed by atoms with Crippen molar-refractivity contribution in [1.82, 2.24) is 10.4 Å². The highest BCUT2D eigenvalue weighted by molar-refractivity contribution is 5.93. The zero-order valence-corrected chi connectivity index (χ0v) is 15.8. The van der Waals surface area contributed by atoms with Crippen molar-refractivity contribution < 1.29 is 9.63 Å². The van der Waals surface area contributed by atoms with Crippen LogP contribution in [-0.4, -0.2) is 31.2 Å². The minimum absolute atomic E-state index is 0.127. The van der Waals surface area contributed by atoms with E-state index in [1.807, 2.05) is 24.3 Å². The highest BCUT2D eigenvalue weighted by Crippen LogP contribution is 2.37. The normalized spacial score (nSPS) is 21.5. The van der Waals surface area contributed by atoms with Gasteiger partial charge in [0.1, 0.15) is 0 Å². The minimum atomic E-state index is -0.127. The Morgan fingerprint density at radius 3 is 2.25 bits per heavy atom. The fourth-order valence-corrected chi connectivity index (χ4v) is 3.46. The Kier molecular flexibility index (Phi) is 6.41. The second-order valence-electron chi connectivity index (χ2n) is 7.98. The van der Waals surface area contributed by atoms with Gasteiger partial charge in [0.2, 0.25) is 0 Å². The van der Waals surface area contributed by atoms with Gasteiger partial charge in [0.15, 0.2) is 0 Å². The molecule has 0 heterocycles. The largest absolute Gasteiger partial charge is 0.310 e. The Morgan fingerprint density at radius 1 is 1.17 bits per heavy atom. The molecular formula is C20H32N2O2. The number of hydrogen-bond acceptors (Lipinski definition) is 3. The summed E-state index contributed by atoms with van der Waals surface area (Å²) in [5, 5.41) is 4.91. The maximum atomic E-state index is 12.0. The number of carbonyl (C=O) groups excluding carboxylic acids is 1. The summed E-state index contributed by atoms with van der Waals surface area (Å²) in [6.07, 6.45) is 5.16. The van der Waals surface area contributed by atoms with Crippen molar-refractivity contribution in [1.29, 1.82) is 0 Å². The smallest absolute Gasteiger partial charge is 0.277 e. The Balaban J connectivity index is 1.80. The van der Waals surface area contributed by atoms with Crippen LogP contribution >= 0.6 is 0 Å². The van der Waals surface area contributed by atoms with Gasteiger partial charge in [-0.25, -0.2) is 5.06 Å². The van der Waals surface area contributed by atoms with Crippen LogP contribution < -0.4 is 5.32 Å². The molecule has 0 saturated heterocycles. The van der Waals surface area contributed by atoms with E-state index in [0.29, 0.717) is 17.0 Å². The molecule has 0 spiro atoms. The van der Waals surface area contributed by atoms with E-state index in [2.05, 4.69) is 26.1 Å². The van der Waals surface area contributed by atoms with Gasteiger partial charge in [0, 0.05) is 25.2 Å². The average Bonchev–Trinajstić information content (AvgIpc) is 2.58. The molecule has 24 heavy (non-hydrogen) atoms. The summed E-state index contributed by atoms with van der Waals surface area (Å²) >= 11 is 0. The van der Waals surface area contributed by atoms with E-state index in [1.165, 1.54) is 43.4 Å². The van der Waals surface area contributed by atoms with Crippen molar-refractivity contribution in [3.05, 3.63) is 35.4 Å². The van der Waals surface area contributed by atoms with Crippen LogP contribution in [0.3, 0.4) is 0 Å². The molecule has 1 aromatic carbocycles. The van der Waals surface area contributed by atoms with Crippen LogP contribution in [0.2, 0.25) is 0 Å². The van der Waals surface area contributed by atoms with Gasteiger partial charge in [-0.2, -0.15) is 0 Å². The van der Waals surface area contributed by atoms with E-state index in [4.69, 9.17) is 4.84 Å². The van der Waals surface area contributed by atoms with Gasteiger partial charge >= 0.3 is 0 Å². The SMILES string of the molecule is CON(C)C(=O)c1ccc(CNC2CCC(C(C)(C)C)CC2)cc1. The monoisotopic (exact) mass is 332 g/mol. The third-order valence-corrected chi connectivity index (χ3v) is 5.31. The number of hydrogen-bond donors (Lipinski definition) is 1. The van der Waals surface area contributed by atoms with Crippen LogP contribution in [0.15, 0.2) is 24.3 Å². The number of benzene rings is 1. The van der Waals surface area contributed by atoms with Gasteiger partial charge in [0.25, 0.3) is 5.91 Å². The van der Waals surface area contributed by atoms with Crippen molar-refractivity contribution >= 4 is 5.91 Å². The van der Waals surface area contributed by atoms with E-state index in [1.54, 1.807) is 7.05 Å². The Labute approximate surface area is 146 Å². The summed E-state index contributed by atoms with van der Waals surface area (Å²) in [5.74, 6) is 0.719. The lowest BCUT2D eigenvalue weighted by molar-refractivity contribution is -0.0756. The molecule has 1 aliphatic carbocycles. The van der Waals surface area contributed by atoms with Crippen LogP contribution in [0.25, 0.3) is 0 Å². The van der Waals surface area contributed by atoms with E-state index in [9.17, 15) is 4.79 Å². The van der Waals surface area contributed by atoms with Gasteiger partial charge in [-0.1, -0.05) is 32.9 Å². The van der Waals surface area contributed by atoms with Crippen molar-refractivity contribution in [3.63, 3.8) is 0 Å². The summed E-state index contributed by atoms with van der Waals surface area (Å²) in [7, 11) is 3.11. The molecule has 1 amide bonds. The lowest BCUT2D eigenvalue weighted by Crippen LogP contribution is -2.35. The van der Waals surface area contributed by atoms with Crippen LogP contribution in [0, 0.1) is 11.3 Å². The molecule has 0 unspecified atom stereocenters. The summed E-state index contributed by atoms with van der Waals surface area (Å²) < 4.78 is 0. The molecule has 4 heteroatoms. The number of rotatable bonds is 5. The molecule has 1 aliphatic rings. The lowest BCUT2D eigenvalue weighted by atomic mass is 9.71. The van der Waals surface area contributed by atoms with Gasteiger partial charge in [0.05, 0.1) is 7.11 Å². The third-order valence-electron chi connectivity index (χ3n) is 5.31. The van der Waals surface area contributed by atoms with E-state index >= 15 is 0 Å². The summed E-state index contributed by atoms with van der Waals surface area (Å²) in [6, 6.07) is 8.38. The van der Waals surface area contributed by atoms with Crippen LogP contribution in [0.5, 0.6) is 0 Å². The average molecular weight is 332 g/mol. The zero-order valence-electron chi connectivity index (χ0n) is 15.8. The highest BCUT2D eigenvalue weighted by atomic mass is 16.7. The number of amides is 1. The number of nitrogens with one attached hydrogen (secondary N) is 1. The Morgan fingerprint density at radius 2 is 1.75 bits per heavy atom. The molecule has 0 aromatic heterocycles. The number of hydroxylamine groups is 2.